The molecule has 0 aliphatic carbocycles. The number of fused-ring (bicyclic) bond motifs is 1. The second-order valence-electron chi connectivity index (χ2n) is 8.96. The van der Waals surface area contributed by atoms with Crippen molar-refractivity contribution in [1.82, 2.24) is 4.90 Å². The molecule has 6 nitrogen and oxygen atoms in total. The van der Waals surface area contributed by atoms with Crippen molar-refractivity contribution in [1.29, 1.82) is 0 Å². The van der Waals surface area contributed by atoms with Crippen LogP contribution < -0.4 is 4.90 Å². The molecule has 2 aromatic rings. The SMILES string of the molecule is [2H]C([2H])([2H])C[C@H]1C[C@H](N(Cc2cc(C(F)(F)F)cc(C(F)(F)F)c2)C(=O)OC)c2cc(C(F)(F)F)ccc2N1C(=O)OCC. The monoisotopic (exact) mass is 603 g/mol. The number of anilines is 1. The second kappa shape index (κ2) is 11.7. The summed E-state index contributed by atoms with van der Waals surface area (Å²) in [6.07, 6.45) is -19.3. The molecule has 226 valence electrons. The van der Waals surface area contributed by atoms with Gasteiger partial charge >= 0.3 is 30.7 Å². The van der Waals surface area contributed by atoms with Gasteiger partial charge in [0.15, 0.2) is 0 Å². The summed E-state index contributed by atoms with van der Waals surface area (Å²) in [5.41, 5.74) is -6.08. The minimum atomic E-state index is -5.24. The van der Waals surface area contributed by atoms with E-state index in [4.69, 9.17) is 13.6 Å². The summed E-state index contributed by atoms with van der Waals surface area (Å²) in [5, 5.41) is 0. The number of hydrogen-bond acceptors (Lipinski definition) is 4. The summed E-state index contributed by atoms with van der Waals surface area (Å²) >= 11 is 0. The van der Waals surface area contributed by atoms with Gasteiger partial charge in [-0.25, -0.2) is 9.59 Å². The van der Waals surface area contributed by atoms with Gasteiger partial charge in [0.2, 0.25) is 0 Å². The Hall–Kier alpha value is -3.65. The molecule has 0 saturated carbocycles. The number of rotatable bonds is 5. The fourth-order valence-electron chi connectivity index (χ4n) is 4.54. The average molecular weight is 603 g/mol. The van der Waals surface area contributed by atoms with Gasteiger partial charge in [0.05, 0.1) is 42.1 Å². The Bertz CT molecular complexity index is 1350. The summed E-state index contributed by atoms with van der Waals surface area (Å²) in [7, 11) is 0.823. The molecule has 2 atom stereocenters. The van der Waals surface area contributed by atoms with Crippen LogP contribution in [0.4, 0.5) is 54.8 Å². The van der Waals surface area contributed by atoms with Crippen LogP contribution in [0.3, 0.4) is 0 Å². The van der Waals surface area contributed by atoms with Crippen molar-refractivity contribution in [3.05, 3.63) is 64.2 Å². The van der Waals surface area contributed by atoms with Crippen molar-refractivity contribution in [3.63, 3.8) is 0 Å². The predicted molar refractivity (Wildman–Crippen MR) is 127 cm³/mol. The zero-order valence-electron chi connectivity index (χ0n) is 24.4. The lowest BCUT2D eigenvalue weighted by atomic mass is 9.87. The number of hydrogen-bond donors (Lipinski definition) is 0. The van der Waals surface area contributed by atoms with E-state index in [9.17, 15) is 49.1 Å². The third kappa shape index (κ3) is 6.99. The molecule has 0 saturated heterocycles. The molecule has 2 amide bonds. The molecule has 2 aromatic carbocycles. The highest BCUT2D eigenvalue weighted by molar-refractivity contribution is 5.90. The molecule has 0 bridgehead atoms. The zero-order chi connectivity index (χ0) is 33.4. The first-order chi connectivity index (χ1) is 20.1. The number of amides is 2. The van der Waals surface area contributed by atoms with Gasteiger partial charge in [-0.05, 0) is 67.3 Å². The standard InChI is InChI=1S/C26H25F9N2O4/c1-4-18-12-21(19-11-15(24(27,28)29)6-7-20(19)37(18)23(39)41-5-2)36(22(38)40-3)13-14-8-16(25(30,31)32)10-17(9-14)26(33,34)35/h6-11,18,21H,4-5,12-13H2,1-3H3/t18-,21-/m0/s1/i1D3. The van der Waals surface area contributed by atoms with Crippen LogP contribution in [0.5, 0.6) is 0 Å². The van der Waals surface area contributed by atoms with Gasteiger partial charge < -0.3 is 9.47 Å². The number of ether oxygens (including phenoxy) is 2. The van der Waals surface area contributed by atoms with Crippen molar-refractivity contribution >= 4 is 17.9 Å². The number of benzene rings is 2. The first-order valence-electron chi connectivity index (χ1n) is 13.4. The third-order valence-corrected chi connectivity index (χ3v) is 6.32. The lowest BCUT2D eigenvalue weighted by molar-refractivity contribution is -0.143. The van der Waals surface area contributed by atoms with E-state index in [0.717, 1.165) is 18.1 Å². The molecule has 0 N–H and O–H groups in total. The Morgan fingerprint density at radius 1 is 0.951 bits per heavy atom. The molecule has 1 aliphatic heterocycles. The molecule has 1 aliphatic rings. The first kappa shape index (κ1) is 27.5. The minimum absolute atomic E-state index is 0.138. The maximum atomic E-state index is 13.7. The highest BCUT2D eigenvalue weighted by atomic mass is 19.4. The van der Waals surface area contributed by atoms with Crippen LogP contribution in [0.15, 0.2) is 36.4 Å². The molecule has 15 heteroatoms. The quantitative estimate of drug-likeness (QED) is 0.324. The zero-order valence-corrected chi connectivity index (χ0v) is 21.4. The van der Waals surface area contributed by atoms with Gasteiger partial charge in [0.1, 0.15) is 0 Å². The summed E-state index contributed by atoms with van der Waals surface area (Å²) in [5.74, 6) is 0. The van der Waals surface area contributed by atoms with Crippen LogP contribution in [-0.4, -0.2) is 36.8 Å². The molecule has 0 aromatic heterocycles. The minimum Gasteiger partial charge on any atom is -0.453 e. The van der Waals surface area contributed by atoms with Crippen LogP contribution >= 0.6 is 0 Å². The molecule has 1 heterocycles. The topological polar surface area (TPSA) is 59.1 Å². The average Bonchev–Trinajstić information content (AvgIpc) is 2.88. The summed E-state index contributed by atoms with van der Waals surface area (Å²) in [4.78, 5) is 27.3. The Kier molecular flexibility index (Phi) is 7.84. The number of carbonyl (C=O) groups is 2. The molecule has 0 spiro atoms. The Balaban J connectivity index is 2.28. The van der Waals surface area contributed by atoms with Crippen molar-refractivity contribution in [2.75, 3.05) is 18.6 Å². The van der Waals surface area contributed by atoms with Crippen LogP contribution in [0.1, 0.15) is 64.6 Å². The van der Waals surface area contributed by atoms with E-state index in [-0.39, 0.29) is 18.4 Å². The highest BCUT2D eigenvalue weighted by Crippen LogP contribution is 2.45. The lowest BCUT2D eigenvalue weighted by Crippen LogP contribution is -2.48. The van der Waals surface area contributed by atoms with Crippen molar-refractivity contribution < 1.29 is 62.7 Å². The van der Waals surface area contributed by atoms with Gasteiger partial charge in [0, 0.05) is 16.7 Å². The normalized spacial score (nSPS) is 19.0. The van der Waals surface area contributed by atoms with Crippen LogP contribution in [0.25, 0.3) is 0 Å². The molecule has 41 heavy (non-hydrogen) atoms. The largest absolute Gasteiger partial charge is 0.453 e. The third-order valence-electron chi connectivity index (χ3n) is 6.32. The van der Waals surface area contributed by atoms with Crippen LogP contribution in [0, 0.1) is 0 Å². The fourth-order valence-corrected chi connectivity index (χ4v) is 4.54. The van der Waals surface area contributed by atoms with E-state index < -0.39 is 96.9 Å². The van der Waals surface area contributed by atoms with Gasteiger partial charge in [-0.3, -0.25) is 9.80 Å². The van der Waals surface area contributed by atoms with Crippen molar-refractivity contribution in [2.24, 2.45) is 0 Å². The molecule has 3 rings (SSSR count). The molecule has 0 radical (unpaired) electrons. The lowest BCUT2D eigenvalue weighted by Gasteiger charge is -2.43. The smallest absolute Gasteiger partial charge is 0.416 e. The van der Waals surface area contributed by atoms with Crippen molar-refractivity contribution in [2.45, 2.75) is 63.8 Å². The Labute approximate surface area is 232 Å². The fraction of sp³-hybridized carbons (Fsp3) is 0.462. The summed E-state index contributed by atoms with van der Waals surface area (Å²) in [6.45, 7) is -2.55. The molecular formula is C26H25F9N2O4. The predicted octanol–water partition coefficient (Wildman–Crippen LogP) is 8.20. The first-order valence-corrected chi connectivity index (χ1v) is 11.9. The van der Waals surface area contributed by atoms with Gasteiger partial charge in [-0.2, -0.15) is 39.5 Å². The maximum absolute atomic E-state index is 13.7. The van der Waals surface area contributed by atoms with Crippen LogP contribution in [0.2, 0.25) is 0 Å². The number of methoxy groups -OCH3 is 1. The second-order valence-corrected chi connectivity index (χ2v) is 8.96. The number of carbonyl (C=O) groups excluding carboxylic acids is 2. The number of halogens is 9. The summed E-state index contributed by atoms with van der Waals surface area (Å²) in [6, 6.07) is -0.448. The van der Waals surface area contributed by atoms with E-state index in [1.807, 2.05) is 0 Å². The maximum Gasteiger partial charge on any atom is 0.416 e. The molecule has 0 fully saturated rings. The van der Waals surface area contributed by atoms with Crippen molar-refractivity contribution in [3.8, 4) is 0 Å². The van der Waals surface area contributed by atoms with E-state index in [1.54, 1.807) is 0 Å². The van der Waals surface area contributed by atoms with Gasteiger partial charge in [-0.15, -0.1) is 0 Å². The van der Waals surface area contributed by atoms with Gasteiger partial charge in [0.25, 0.3) is 0 Å². The van der Waals surface area contributed by atoms with E-state index in [2.05, 4.69) is 0 Å². The highest BCUT2D eigenvalue weighted by Gasteiger charge is 2.43. The van der Waals surface area contributed by atoms with Gasteiger partial charge in [-0.1, -0.05) is 6.85 Å². The van der Waals surface area contributed by atoms with Crippen LogP contribution in [-0.2, 0) is 34.5 Å². The number of alkyl halides is 9. The van der Waals surface area contributed by atoms with E-state index in [0.29, 0.717) is 29.2 Å². The number of nitrogens with zero attached hydrogens (tertiary/aromatic N) is 2. The van der Waals surface area contributed by atoms with E-state index >= 15 is 0 Å². The van der Waals surface area contributed by atoms with E-state index in [1.165, 1.54) is 6.92 Å². The Morgan fingerprint density at radius 3 is 2.02 bits per heavy atom. The Morgan fingerprint density at radius 2 is 1.54 bits per heavy atom. The molecular weight excluding hydrogens is 575 g/mol. The summed E-state index contributed by atoms with van der Waals surface area (Å²) < 4.78 is 155. The molecule has 0 unspecified atom stereocenters.